The zero-order valence-electron chi connectivity index (χ0n) is 36.3. The summed E-state index contributed by atoms with van der Waals surface area (Å²) in [6.07, 6.45) is 30.5. The summed E-state index contributed by atoms with van der Waals surface area (Å²) in [5.74, 6) is 0. The molecule has 4 aliphatic rings. The molecule has 310 valence electrons. The van der Waals surface area contributed by atoms with Crippen molar-refractivity contribution >= 4 is 43.8 Å². The summed E-state index contributed by atoms with van der Waals surface area (Å²) in [6, 6.07) is 37.5. The number of hydrogen-bond acceptors (Lipinski definition) is 0. The van der Waals surface area contributed by atoms with Gasteiger partial charge in [0.1, 0.15) is 0 Å². The fourth-order valence-electron chi connectivity index (χ4n) is 13.3. The van der Waals surface area contributed by atoms with E-state index in [0.717, 1.165) is 0 Å². The predicted molar refractivity (Wildman–Crippen MR) is 259 cm³/mol. The minimum atomic E-state index is -3.96. The van der Waals surface area contributed by atoms with E-state index in [4.69, 9.17) is 0 Å². The zero-order chi connectivity index (χ0) is 38.8. The van der Waals surface area contributed by atoms with Crippen LogP contribution in [-0.4, -0.2) is 6.88 Å². The SMILES string of the molecule is CCCC1(CC2=Cc3c(-c4ccccc4)cccc3[CH]2[Zr]([CH3])([CH3])(=[SiH2])[CH]2C(CC3(CCC)CCCCCC3)=Cc3c(-c4ccccc4)cccc32)CCCCCC1.Cl.Cl. The van der Waals surface area contributed by atoms with Crippen LogP contribution in [0.5, 0.6) is 0 Å². The van der Waals surface area contributed by atoms with Crippen LogP contribution in [0.15, 0.2) is 108 Å². The summed E-state index contributed by atoms with van der Waals surface area (Å²) in [6.45, 7) is 7.51. The van der Waals surface area contributed by atoms with Gasteiger partial charge < -0.3 is 0 Å². The largest absolute Gasteiger partial charge is 0.147 e. The maximum absolute atomic E-state index is 3.96. The number of halogens is 2. The molecule has 4 aliphatic carbocycles. The van der Waals surface area contributed by atoms with E-state index < -0.39 is 17.4 Å². The molecule has 2 saturated carbocycles. The molecule has 0 radical (unpaired) electrons. The topological polar surface area (TPSA) is 0 Å². The molecule has 0 heterocycles. The zero-order valence-corrected chi connectivity index (χ0v) is 41.8. The van der Waals surface area contributed by atoms with Gasteiger partial charge in [-0.25, -0.2) is 0 Å². The molecular formula is C54H72Cl2SiZr. The molecule has 0 amide bonds. The predicted octanol–water partition coefficient (Wildman–Crippen LogP) is 16.8. The summed E-state index contributed by atoms with van der Waals surface area (Å²) >= 11 is -3.96. The van der Waals surface area contributed by atoms with Crippen molar-refractivity contribution < 1.29 is 17.4 Å². The molecule has 0 spiro atoms. The second-order valence-electron chi connectivity index (χ2n) is 20.3. The van der Waals surface area contributed by atoms with Crippen molar-refractivity contribution in [1.29, 1.82) is 0 Å². The summed E-state index contributed by atoms with van der Waals surface area (Å²) in [5.41, 5.74) is 16.5. The van der Waals surface area contributed by atoms with Crippen molar-refractivity contribution in [2.24, 2.45) is 10.8 Å². The molecule has 58 heavy (non-hydrogen) atoms. The Morgan fingerprint density at radius 3 is 1.21 bits per heavy atom. The normalized spacial score (nSPS) is 21.3. The van der Waals surface area contributed by atoms with E-state index in [0.29, 0.717) is 18.1 Å². The third kappa shape index (κ3) is 8.99. The van der Waals surface area contributed by atoms with E-state index >= 15 is 0 Å². The van der Waals surface area contributed by atoms with Gasteiger partial charge in [-0.3, -0.25) is 0 Å². The number of benzene rings is 4. The Balaban J connectivity index is 0.00000283. The van der Waals surface area contributed by atoms with Crippen LogP contribution in [0.25, 0.3) is 34.4 Å². The number of rotatable bonds is 12. The number of fused-ring (bicyclic) bond motifs is 2. The molecule has 2 fully saturated rings. The third-order valence-electron chi connectivity index (χ3n) is 15.4. The second-order valence-corrected chi connectivity index (χ2v) is 50.7. The van der Waals surface area contributed by atoms with E-state index in [1.807, 2.05) is 11.1 Å². The second kappa shape index (κ2) is 19.0. The first-order valence-corrected chi connectivity index (χ1v) is 36.7. The van der Waals surface area contributed by atoms with Crippen LogP contribution in [0.1, 0.15) is 159 Å². The van der Waals surface area contributed by atoms with Crippen LogP contribution in [-0.2, 0) is 17.4 Å². The van der Waals surface area contributed by atoms with Crippen LogP contribution in [0.2, 0.25) is 9.26 Å². The van der Waals surface area contributed by atoms with Crippen LogP contribution < -0.4 is 0 Å². The first-order chi connectivity index (χ1) is 27.1. The van der Waals surface area contributed by atoms with Crippen molar-refractivity contribution in [3.63, 3.8) is 0 Å². The number of hydrogen-bond donors (Lipinski definition) is 0. The quantitative estimate of drug-likeness (QED) is 0.0981. The van der Waals surface area contributed by atoms with Crippen LogP contribution in [0, 0.1) is 10.8 Å². The minimum Gasteiger partial charge on any atom is -0.147 e. The van der Waals surface area contributed by atoms with E-state index in [1.54, 1.807) is 22.3 Å². The Bertz CT molecular complexity index is 1980. The first kappa shape index (κ1) is 45.6. The molecule has 0 N–H and O–H groups in total. The van der Waals surface area contributed by atoms with Gasteiger partial charge in [-0.05, 0) is 0 Å². The Hall–Kier alpha value is -1.96. The summed E-state index contributed by atoms with van der Waals surface area (Å²) in [7, 11) is 0. The summed E-state index contributed by atoms with van der Waals surface area (Å²) in [5, 5.41) is 0. The van der Waals surface area contributed by atoms with Crippen molar-refractivity contribution in [1.82, 2.24) is 0 Å². The maximum atomic E-state index is 2.94. The Labute approximate surface area is 367 Å². The van der Waals surface area contributed by atoms with Gasteiger partial charge in [0.15, 0.2) is 0 Å². The average Bonchev–Trinajstić information content (AvgIpc) is 3.57. The van der Waals surface area contributed by atoms with Crippen molar-refractivity contribution in [3.05, 3.63) is 130 Å². The first-order valence-electron chi connectivity index (χ1n) is 23.0. The standard InChI is InChI=1S/2C26H31.2CH3.2ClH.H2Si.Zr/c2*1-2-15-26(16-8-3-4-9-17-26)20-21-18-23-13-10-14-24(25(23)19-21)22-11-6-5-7-12-22;;;;;;/h2*5-7,10-14,18-19H,2-4,8-9,15-17,20H2,1H3;2*1H3;2*1H;1H2;. The van der Waals surface area contributed by atoms with Gasteiger partial charge in [0.05, 0.1) is 0 Å². The molecule has 0 saturated heterocycles. The Kier molecular flexibility index (Phi) is 14.9. The molecule has 2 atom stereocenters. The van der Waals surface area contributed by atoms with E-state index in [-0.39, 0.29) is 24.8 Å². The van der Waals surface area contributed by atoms with Gasteiger partial charge in [-0.2, -0.15) is 0 Å². The van der Waals surface area contributed by atoms with Gasteiger partial charge in [-0.15, -0.1) is 24.8 Å². The molecule has 0 bridgehead atoms. The Morgan fingerprint density at radius 1 is 0.500 bits per heavy atom. The summed E-state index contributed by atoms with van der Waals surface area (Å²) in [4.78, 5) is 0. The van der Waals surface area contributed by atoms with Crippen molar-refractivity contribution in [2.45, 2.75) is 146 Å². The van der Waals surface area contributed by atoms with Gasteiger partial charge in [0.2, 0.25) is 0 Å². The molecule has 0 aliphatic heterocycles. The fraction of sp³-hybridized carbons (Fsp3) is 0.481. The fourth-order valence-corrected chi connectivity index (χ4v) is 33.0. The minimum absolute atomic E-state index is 0. The molecule has 4 aromatic rings. The van der Waals surface area contributed by atoms with Crippen LogP contribution in [0.3, 0.4) is 0 Å². The van der Waals surface area contributed by atoms with E-state index in [2.05, 4.69) is 139 Å². The molecular weight excluding hydrogens is 839 g/mol. The van der Waals surface area contributed by atoms with Crippen molar-refractivity contribution in [3.8, 4) is 22.3 Å². The van der Waals surface area contributed by atoms with E-state index in [9.17, 15) is 0 Å². The van der Waals surface area contributed by atoms with Gasteiger partial charge in [0, 0.05) is 0 Å². The molecule has 2 unspecified atom stereocenters. The monoisotopic (exact) mass is 908 g/mol. The molecule has 8 rings (SSSR count). The average molecular weight is 911 g/mol. The van der Waals surface area contributed by atoms with Gasteiger partial charge in [0.25, 0.3) is 0 Å². The Morgan fingerprint density at radius 2 is 0.862 bits per heavy atom. The van der Waals surface area contributed by atoms with Crippen molar-refractivity contribution in [2.75, 3.05) is 0 Å². The van der Waals surface area contributed by atoms with Crippen LogP contribution in [0.4, 0.5) is 0 Å². The maximum Gasteiger partial charge on any atom is -0.147 e. The van der Waals surface area contributed by atoms with Crippen LogP contribution >= 0.6 is 24.8 Å². The van der Waals surface area contributed by atoms with Gasteiger partial charge >= 0.3 is 346 Å². The molecule has 0 nitrogen and oxygen atoms in total. The third-order valence-corrected chi connectivity index (χ3v) is 32.9. The molecule has 0 aromatic heterocycles. The van der Waals surface area contributed by atoms with E-state index in [1.165, 1.54) is 138 Å². The smallest absolute Gasteiger partial charge is 0.147 e. The number of allylic oxidation sites excluding steroid dienone is 2. The molecule has 4 heteroatoms. The summed E-state index contributed by atoms with van der Waals surface area (Å²) < 4.78 is 6.96. The van der Waals surface area contributed by atoms with Gasteiger partial charge in [-0.1, -0.05) is 0 Å². The molecule has 4 aromatic carbocycles.